The highest BCUT2D eigenvalue weighted by Crippen LogP contribution is 2.36. The van der Waals surface area contributed by atoms with Gasteiger partial charge in [0.25, 0.3) is 0 Å². The normalized spacial score (nSPS) is 12.3. The van der Waals surface area contributed by atoms with Gasteiger partial charge < -0.3 is 14.6 Å². The molecule has 0 saturated carbocycles. The molecule has 1 aromatic carbocycles. The lowest BCUT2D eigenvalue weighted by molar-refractivity contribution is 0.169. The van der Waals surface area contributed by atoms with Gasteiger partial charge >= 0.3 is 0 Å². The number of hydrogen-bond donors (Lipinski definition) is 1. The van der Waals surface area contributed by atoms with Crippen molar-refractivity contribution in [3.8, 4) is 11.5 Å². The van der Waals surface area contributed by atoms with Crippen molar-refractivity contribution in [2.24, 2.45) is 0 Å². The summed E-state index contributed by atoms with van der Waals surface area (Å²) in [6.45, 7) is 1.89. The molecule has 1 aromatic rings. The zero-order valence-corrected chi connectivity index (χ0v) is 9.84. The van der Waals surface area contributed by atoms with Gasteiger partial charge in [-0.05, 0) is 12.5 Å². The topological polar surface area (TPSA) is 38.7 Å². The van der Waals surface area contributed by atoms with E-state index in [9.17, 15) is 5.11 Å². The first-order valence-corrected chi connectivity index (χ1v) is 5.11. The first kappa shape index (κ1) is 12.1. The summed E-state index contributed by atoms with van der Waals surface area (Å²) in [6, 6.07) is 3.35. The molecule has 0 radical (unpaired) electrons. The highest BCUT2D eigenvalue weighted by molar-refractivity contribution is 6.32. The van der Waals surface area contributed by atoms with Crippen molar-refractivity contribution in [3.63, 3.8) is 0 Å². The lowest BCUT2D eigenvalue weighted by atomic mass is 10.1. The van der Waals surface area contributed by atoms with E-state index in [4.69, 9.17) is 21.1 Å². The molecule has 0 aliphatic rings. The van der Waals surface area contributed by atoms with E-state index in [0.29, 0.717) is 28.5 Å². The van der Waals surface area contributed by atoms with Gasteiger partial charge in [0.1, 0.15) is 11.5 Å². The molecule has 0 saturated heterocycles. The zero-order chi connectivity index (χ0) is 11.4. The first-order chi connectivity index (χ1) is 7.13. The molecule has 0 aliphatic heterocycles. The van der Waals surface area contributed by atoms with Crippen molar-refractivity contribution in [3.05, 3.63) is 22.7 Å². The lowest BCUT2D eigenvalue weighted by Crippen LogP contribution is -2.00. The van der Waals surface area contributed by atoms with Crippen molar-refractivity contribution >= 4 is 11.6 Å². The Labute approximate surface area is 94.6 Å². The maximum atomic E-state index is 9.77. The number of hydrogen-bond acceptors (Lipinski definition) is 3. The van der Waals surface area contributed by atoms with Crippen LogP contribution in [-0.4, -0.2) is 19.3 Å². The molecule has 1 unspecified atom stereocenters. The Balaban J connectivity index is 3.22. The summed E-state index contributed by atoms with van der Waals surface area (Å²) >= 11 is 5.94. The number of ether oxygens (including phenoxy) is 2. The highest BCUT2D eigenvalue weighted by atomic mass is 35.5. The molecule has 0 aliphatic carbocycles. The van der Waals surface area contributed by atoms with E-state index in [2.05, 4.69) is 0 Å². The number of aliphatic hydroxyl groups excluding tert-OH is 1. The van der Waals surface area contributed by atoms with Crippen LogP contribution in [-0.2, 0) is 0 Å². The second-order valence-electron chi connectivity index (χ2n) is 3.15. The first-order valence-electron chi connectivity index (χ1n) is 4.73. The molecule has 1 N–H and O–H groups in total. The highest BCUT2D eigenvalue weighted by Gasteiger charge is 2.15. The van der Waals surface area contributed by atoms with Gasteiger partial charge in [0.15, 0.2) is 0 Å². The lowest BCUT2D eigenvalue weighted by Gasteiger charge is -2.15. The van der Waals surface area contributed by atoms with Crippen LogP contribution in [0, 0.1) is 0 Å². The van der Waals surface area contributed by atoms with Crippen LogP contribution >= 0.6 is 11.6 Å². The van der Waals surface area contributed by atoms with E-state index < -0.39 is 6.10 Å². The monoisotopic (exact) mass is 230 g/mol. The summed E-state index contributed by atoms with van der Waals surface area (Å²) in [6.07, 6.45) is 0.0485. The SMILES string of the molecule is CCC(O)c1cc(OC)c(Cl)cc1OC. The van der Waals surface area contributed by atoms with Crippen LogP contribution in [0.15, 0.2) is 12.1 Å². The maximum Gasteiger partial charge on any atom is 0.138 e. The van der Waals surface area contributed by atoms with E-state index in [1.54, 1.807) is 19.2 Å². The van der Waals surface area contributed by atoms with Gasteiger partial charge in [-0.2, -0.15) is 0 Å². The third kappa shape index (κ3) is 2.55. The number of benzene rings is 1. The van der Waals surface area contributed by atoms with Crippen molar-refractivity contribution < 1.29 is 14.6 Å². The molecule has 0 amide bonds. The summed E-state index contributed by atoms with van der Waals surface area (Å²) in [5, 5.41) is 10.2. The molecular formula is C11H15ClO3. The van der Waals surface area contributed by atoms with Gasteiger partial charge in [-0.3, -0.25) is 0 Å². The van der Waals surface area contributed by atoms with Gasteiger partial charge in [0.05, 0.1) is 25.3 Å². The Hall–Kier alpha value is -0.930. The molecule has 15 heavy (non-hydrogen) atoms. The predicted octanol–water partition coefficient (Wildman–Crippen LogP) is 2.80. The Kier molecular flexibility index (Phi) is 4.24. The number of aliphatic hydroxyl groups is 1. The van der Waals surface area contributed by atoms with Crippen molar-refractivity contribution in [2.75, 3.05) is 14.2 Å². The quantitative estimate of drug-likeness (QED) is 0.865. The van der Waals surface area contributed by atoms with Crippen LogP contribution in [0.5, 0.6) is 11.5 Å². The molecule has 0 heterocycles. The van der Waals surface area contributed by atoms with Gasteiger partial charge in [0, 0.05) is 11.6 Å². The van der Waals surface area contributed by atoms with Crippen LogP contribution < -0.4 is 9.47 Å². The minimum atomic E-state index is -0.564. The summed E-state index contributed by atoms with van der Waals surface area (Å²) < 4.78 is 10.2. The fourth-order valence-corrected chi connectivity index (χ4v) is 1.60. The molecule has 0 aromatic heterocycles. The summed E-state index contributed by atoms with van der Waals surface area (Å²) in [4.78, 5) is 0. The molecule has 4 heteroatoms. The van der Waals surface area contributed by atoms with Crippen LogP contribution in [0.25, 0.3) is 0 Å². The number of halogens is 1. The fourth-order valence-electron chi connectivity index (χ4n) is 1.36. The second kappa shape index (κ2) is 5.24. The second-order valence-corrected chi connectivity index (χ2v) is 3.56. The van der Waals surface area contributed by atoms with Gasteiger partial charge in [0.2, 0.25) is 0 Å². The smallest absolute Gasteiger partial charge is 0.138 e. The summed E-state index contributed by atoms with van der Waals surface area (Å²) in [5.74, 6) is 1.12. The average Bonchev–Trinajstić information content (AvgIpc) is 2.27. The standard InChI is InChI=1S/C11H15ClO3/c1-4-9(13)7-5-11(15-3)8(12)6-10(7)14-2/h5-6,9,13H,4H2,1-3H3. The minimum absolute atomic E-state index is 0.474. The fraction of sp³-hybridized carbons (Fsp3) is 0.455. The van der Waals surface area contributed by atoms with Crippen LogP contribution in [0.3, 0.4) is 0 Å². The average molecular weight is 231 g/mol. The predicted molar refractivity (Wildman–Crippen MR) is 59.8 cm³/mol. The molecule has 3 nitrogen and oxygen atoms in total. The number of rotatable bonds is 4. The van der Waals surface area contributed by atoms with E-state index in [-0.39, 0.29) is 0 Å². The number of methoxy groups -OCH3 is 2. The van der Waals surface area contributed by atoms with Crippen molar-refractivity contribution in [1.82, 2.24) is 0 Å². The van der Waals surface area contributed by atoms with Crippen molar-refractivity contribution in [1.29, 1.82) is 0 Å². The molecule has 1 rings (SSSR count). The Morgan fingerprint density at radius 2 is 1.87 bits per heavy atom. The molecule has 84 valence electrons. The third-order valence-electron chi connectivity index (χ3n) is 2.25. The van der Waals surface area contributed by atoms with Crippen LogP contribution in [0.1, 0.15) is 25.0 Å². The van der Waals surface area contributed by atoms with Crippen LogP contribution in [0.2, 0.25) is 5.02 Å². The summed E-state index contributed by atoms with van der Waals surface area (Å²) in [7, 11) is 3.08. The van der Waals surface area contributed by atoms with E-state index >= 15 is 0 Å². The summed E-state index contributed by atoms with van der Waals surface area (Å²) in [5.41, 5.74) is 0.696. The van der Waals surface area contributed by atoms with Crippen LogP contribution in [0.4, 0.5) is 0 Å². The molecule has 0 spiro atoms. The molecular weight excluding hydrogens is 216 g/mol. The Morgan fingerprint density at radius 3 is 2.33 bits per heavy atom. The maximum absolute atomic E-state index is 9.77. The Bertz CT molecular complexity index is 339. The van der Waals surface area contributed by atoms with E-state index in [1.807, 2.05) is 6.92 Å². The third-order valence-corrected chi connectivity index (χ3v) is 2.55. The molecule has 0 bridgehead atoms. The van der Waals surface area contributed by atoms with Gasteiger partial charge in [-0.25, -0.2) is 0 Å². The Morgan fingerprint density at radius 1 is 1.27 bits per heavy atom. The van der Waals surface area contributed by atoms with Gasteiger partial charge in [-0.1, -0.05) is 18.5 Å². The zero-order valence-electron chi connectivity index (χ0n) is 9.08. The van der Waals surface area contributed by atoms with Gasteiger partial charge in [-0.15, -0.1) is 0 Å². The van der Waals surface area contributed by atoms with Crippen molar-refractivity contribution in [2.45, 2.75) is 19.4 Å². The molecule has 0 fully saturated rings. The molecule has 1 atom stereocenters. The largest absolute Gasteiger partial charge is 0.496 e. The van der Waals surface area contributed by atoms with E-state index in [0.717, 1.165) is 0 Å². The van der Waals surface area contributed by atoms with E-state index in [1.165, 1.54) is 7.11 Å². The minimum Gasteiger partial charge on any atom is -0.496 e.